The van der Waals surface area contributed by atoms with Crippen molar-refractivity contribution >= 4 is 33.2 Å². The minimum Gasteiger partial charge on any atom is -0.497 e. The number of anilines is 1. The number of aryl methyl sites for hydroxylation is 2. The number of amides is 2. The number of nitrogens with one attached hydrogen (secondary N) is 1. The maximum Gasteiger partial charge on any atom is 0.273 e. The van der Waals surface area contributed by atoms with Gasteiger partial charge in [0.05, 0.1) is 22.6 Å². The van der Waals surface area contributed by atoms with Gasteiger partial charge in [0.15, 0.2) is 0 Å². The highest BCUT2D eigenvalue weighted by molar-refractivity contribution is 7.92. The number of carbonyl (C=O) groups is 2. The molecule has 2 amide bonds. The van der Waals surface area contributed by atoms with Gasteiger partial charge in [-0.2, -0.15) is 0 Å². The quantitative estimate of drug-likeness (QED) is 0.242. The Balaban J connectivity index is 2.10. The summed E-state index contributed by atoms with van der Waals surface area (Å²) in [6.45, 7) is 7.98. The molecule has 1 N–H and O–H groups in total. The van der Waals surface area contributed by atoms with Crippen molar-refractivity contribution in [1.29, 1.82) is 0 Å². The molecule has 0 aliphatic carbocycles. The lowest BCUT2D eigenvalue weighted by Crippen LogP contribution is -2.52. The molecular formula is C30H36N4O7S. The molecule has 224 valence electrons. The summed E-state index contributed by atoms with van der Waals surface area (Å²) < 4.78 is 34.1. The fourth-order valence-corrected chi connectivity index (χ4v) is 5.74. The van der Waals surface area contributed by atoms with Crippen LogP contribution in [0.4, 0.5) is 11.4 Å². The number of ether oxygens (including phenoxy) is 1. The Morgan fingerprint density at radius 1 is 0.976 bits per heavy atom. The first kappa shape index (κ1) is 32.1. The molecule has 0 fully saturated rings. The number of nitro benzene ring substituents is 1. The number of nitrogens with zero attached hydrogens (tertiary/aromatic N) is 3. The van der Waals surface area contributed by atoms with Crippen LogP contribution in [0.3, 0.4) is 0 Å². The van der Waals surface area contributed by atoms with E-state index in [1.165, 1.54) is 43.2 Å². The number of rotatable bonds is 12. The third-order valence-electron chi connectivity index (χ3n) is 6.80. The number of carbonyl (C=O) groups excluding carboxylic acids is 2. The van der Waals surface area contributed by atoms with Crippen LogP contribution in [0.2, 0.25) is 0 Å². The van der Waals surface area contributed by atoms with E-state index in [0.717, 1.165) is 21.5 Å². The summed E-state index contributed by atoms with van der Waals surface area (Å²) in [6, 6.07) is 15.9. The van der Waals surface area contributed by atoms with Crippen LogP contribution in [0.1, 0.15) is 37.5 Å². The first-order chi connectivity index (χ1) is 19.8. The molecule has 0 aliphatic rings. The summed E-state index contributed by atoms with van der Waals surface area (Å²) in [7, 11) is -3.02. The van der Waals surface area contributed by atoms with Crippen LogP contribution in [-0.2, 0) is 26.2 Å². The number of hydrogen-bond donors (Lipinski definition) is 1. The van der Waals surface area contributed by atoms with Crippen LogP contribution < -0.4 is 14.4 Å². The smallest absolute Gasteiger partial charge is 0.273 e. The van der Waals surface area contributed by atoms with Crippen LogP contribution >= 0.6 is 0 Å². The van der Waals surface area contributed by atoms with Gasteiger partial charge in [0, 0.05) is 24.2 Å². The first-order valence-corrected chi connectivity index (χ1v) is 14.8. The second-order valence-corrected chi connectivity index (χ2v) is 12.1. The van der Waals surface area contributed by atoms with Crippen LogP contribution in [0.5, 0.6) is 5.75 Å². The van der Waals surface area contributed by atoms with Crippen molar-refractivity contribution in [2.75, 3.05) is 18.0 Å². The lowest BCUT2D eigenvalue weighted by atomic mass is 10.1. The summed E-state index contributed by atoms with van der Waals surface area (Å²) >= 11 is 0. The SMILES string of the molecule is COc1ccc(N(CC(=O)N(Cc2ccccc2C)[C@H](C)C(=O)NC(C)C)S(=O)(=O)c2ccc(C)c([N+](=O)[O-])c2)cc1. The van der Waals surface area contributed by atoms with Crippen LogP contribution in [-0.4, -0.2) is 55.8 Å². The van der Waals surface area contributed by atoms with Gasteiger partial charge in [-0.1, -0.05) is 30.3 Å². The van der Waals surface area contributed by atoms with Gasteiger partial charge in [0.2, 0.25) is 11.8 Å². The largest absolute Gasteiger partial charge is 0.497 e. The van der Waals surface area contributed by atoms with Crippen LogP contribution in [0.15, 0.2) is 71.6 Å². The highest BCUT2D eigenvalue weighted by Crippen LogP contribution is 2.29. The molecule has 3 aromatic rings. The van der Waals surface area contributed by atoms with Crippen LogP contribution in [0, 0.1) is 24.0 Å². The van der Waals surface area contributed by atoms with Gasteiger partial charge in [-0.25, -0.2) is 8.42 Å². The molecule has 0 saturated carbocycles. The van der Waals surface area contributed by atoms with E-state index in [2.05, 4.69) is 5.32 Å². The summed E-state index contributed by atoms with van der Waals surface area (Å²) in [4.78, 5) is 39.0. The molecule has 0 bridgehead atoms. The molecule has 0 heterocycles. The summed E-state index contributed by atoms with van der Waals surface area (Å²) in [5.74, 6) is -0.556. The number of methoxy groups -OCH3 is 1. The van der Waals surface area contributed by atoms with E-state index in [4.69, 9.17) is 4.74 Å². The molecule has 0 aliphatic heterocycles. The standard InChI is InChI=1S/C30H36N4O7S/c1-20(2)31-30(36)23(5)32(18-24-10-8-7-9-21(24)3)29(35)19-33(25-12-14-26(41-6)15-13-25)42(39,40)27-16-11-22(4)28(17-27)34(37)38/h7-17,20,23H,18-19H2,1-6H3,(H,31,36)/t23-/m1/s1. The predicted octanol–water partition coefficient (Wildman–Crippen LogP) is 4.36. The molecule has 11 nitrogen and oxygen atoms in total. The average molecular weight is 597 g/mol. The molecule has 3 rings (SSSR count). The normalized spacial score (nSPS) is 12.0. The van der Waals surface area contributed by atoms with Gasteiger partial charge >= 0.3 is 0 Å². The Bertz CT molecular complexity index is 1560. The van der Waals surface area contributed by atoms with Crippen molar-refractivity contribution in [2.24, 2.45) is 0 Å². The maximum absolute atomic E-state index is 14.0. The van der Waals surface area contributed by atoms with Gasteiger partial charge in [0.1, 0.15) is 18.3 Å². The molecular weight excluding hydrogens is 560 g/mol. The minimum atomic E-state index is -4.48. The maximum atomic E-state index is 14.0. The van der Waals surface area contributed by atoms with E-state index in [1.807, 2.05) is 31.2 Å². The molecule has 0 spiro atoms. The van der Waals surface area contributed by atoms with Gasteiger partial charge in [-0.3, -0.25) is 24.0 Å². The van der Waals surface area contributed by atoms with E-state index in [9.17, 15) is 28.1 Å². The Labute approximate surface area is 246 Å². The third-order valence-corrected chi connectivity index (χ3v) is 8.57. The Kier molecular flexibility index (Phi) is 10.3. The van der Waals surface area contributed by atoms with Crippen molar-refractivity contribution in [3.05, 3.63) is 93.5 Å². The molecule has 0 saturated heterocycles. The number of sulfonamides is 1. The second-order valence-electron chi connectivity index (χ2n) is 10.2. The van der Waals surface area contributed by atoms with Crippen molar-refractivity contribution < 1.29 is 27.7 Å². The van der Waals surface area contributed by atoms with E-state index in [1.54, 1.807) is 32.9 Å². The summed E-state index contributed by atoms with van der Waals surface area (Å²) in [6.07, 6.45) is 0. The van der Waals surface area contributed by atoms with Crippen molar-refractivity contribution in [3.8, 4) is 5.75 Å². The van der Waals surface area contributed by atoms with E-state index >= 15 is 0 Å². The summed E-state index contributed by atoms with van der Waals surface area (Å²) in [5.41, 5.74) is 1.77. The predicted molar refractivity (Wildman–Crippen MR) is 160 cm³/mol. The van der Waals surface area contributed by atoms with Crippen molar-refractivity contribution in [1.82, 2.24) is 10.2 Å². The lowest BCUT2D eigenvalue weighted by Gasteiger charge is -2.32. The van der Waals surface area contributed by atoms with Crippen molar-refractivity contribution in [2.45, 2.75) is 58.1 Å². The monoisotopic (exact) mass is 596 g/mol. The molecule has 0 radical (unpaired) electrons. The second kappa shape index (κ2) is 13.5. The average Bonchev–Trinajstić information content (AvgIpc) is 2.94. The Morgan fingerprint density at radius 3 is 2.19 bits per heavy atom. The fourth-order valence-electron chi connectivity index (χ4n) is 4.31. The number of benzene rings is 3. The van der Waals surface area contributed by atoms with Crippen LogP contribution in [0.25, 0.3) is 0 Å². The Hall–Kier alpha value is -4.45. The van der Waals surface area contributed by atoms with E-state index in [0.29, 0.717) is 11.3 Å². The fraction of sp³-hybridized carbons (Fsp3) is 0.333. The van der Waals surface area contributed by atoms with Crippen molar-refractivity contribution in [3.63, 3.8) is 0 Å². The Morgan fingerprint density at radius 2 is 1.62 bits per heavy atom. The van der Waals surface area contributed by atoms with Gasteiger partial charge in [-0.15, -0.1) is 0 Å². The zero-order valence-corrected chi connectivity index (χ0v) is 25.3. The number of nitro groups is 1. The lowest BCUT2D eigenvalue weighted by molar-refractivity contribution is -0.385. The zero-order chi connectivity index (χ0) is 31.2. The third kappa shape index (κ3) is 7.43. The van der Waals surface area contributed by atoms with Gasteiger partial charge in [-0.05, 0) is 76.1 Å². The van der Waals surface area contributed by atoms with E-state index in [-0.39, 0.29) is 34.8 Å². The van der Waals surface area contributed by atoms with Gasteiger partial charge in [0.25, 0.3) is 15.7 Å². The zero-order valence-electron chi connectivity index (χ0n) is 24.5. The minimum absolute atomic E-state index is 0.0602. The molecule has 12 heteroatoms. The topological polar surface area (TPSA) is 139 Å². The molecule has 1 atom stereocenters. The number of hydrogen-bond acceptors (Lipinski definition) is 7. The van der Waals surface area contributed by atoms with E-state index < -0.39 is 33.4 Å². The molecule has 3 aromatic carbocycles. The molecule has 0 aromatic heterocycles. The highest BCUT2D eigenvalue weighted by atomic mass is 32.2. The molecule has 42 heavy (non-hydrogen) atoms. The van der Waals surface area contributed by atoms with Gasteiger partial charge < -0.3 is 15.0 Å². The first-order valence-electron chi connectivity index (χ1n) is 13.3. The molecule has 0 unspecified atom stereocenters. The summed E-state index contributed by atoms with van der Waals surface area (Å²) in [5, 5.41) is 14.4. The highest BCUT2D eigenvalue weighted by Gasteiger charge is 2.33.